The van der Waals surface area contributed by atoms with Gasteiger partial charge in [0.05, 0.1) is 5.02 Å². The monoisotopic (exact) mass is 301 g/mol. The summed E-state index contributed by atoms with van der Waals surface area (Å²) in [5.41, 5.74) is 0. The van der Waals surface area contributed by atoms with Gasteiger partial charge in [-0.25, -0.2) is 0 Å². The molecule has 2 rings (SSSR count). The summed E-state index contributed by atoms with van der Waals surface area (Å²) in [7, 11) is 1.81. The second kappa shape index (κ2) is 6.02. The van der Waals surface area contributed by atoms with E-state index in [1.807, 2.05) is 7.05 Å². The van der Waals surface area contributed by atoms with Crippen LogP contribution in [0.5, 0.6) is 5.75 Å². The van der Waals surface area contributed by atoms with Crippen molar-refractivity contribution in [1.82, 2.24) is 4.90 Å². The highest BCUT2D eigenvalue weighted by atomic mass is 35.5. The lowest BCUT2D eigenvalue weighted by atomic mass is 10.3. The van der Waals surface area contributed by atoms with Gasteiger partial charge in [0.1, 0.15) is 5.75 Å². The number of benzene rings is 1. The molecule has 1 unspecified atom stereocenters. The Labute approximate surface area is 123 Å². The first kappa shape index (κ1) is 14.5. The number of ether oxygens (including phenoxy) is 1. The zero-order chi connectivity index (χ0) is 14.0. The highest BCUT2D eigenvalue weighted by molar-refractivity contribution is 6.35. The van der Waals surface area contributed by atoms with E-state index in [1.165, 1.54) is 12.8 Å². The molecule has 0 radical (unpaired) electrons. The first-order valence-electron chi connectivity index (χ1n) is 6.34. The maximum atomic E-state index is 12.1. The van der Waals surface area contributed by atoms with Crippen molar-refractivity contribution in [2.45, 2.75) is 25.9 Å². The van der Waals surface area contributed by atoms with Gasteiger partial charge in [-0.15, -0.1) is 0 Å². The third-order valence-corrected chi connectivity index (χ3v) is 3.68. The van der Waals surface area contributed by atoms with Crippen LogP contribution in [0.3, 0.4) is 0 Å². The van der Waals surface area contributed by atoms with Gasteiger partial charge in [-0.3, -0.25) is 4.79 Å². The first-order valence-corrected chi connectivity index (χ1v) is 7.09. The quantitative estimate of drug-likeness (QED) is 0.831. The van der Waals surface area contributed by atoms with Gasteiger partial charge in [0.15, 0.2) is 6.10 Å². The molecule has 1 saturated carbocycles. The maximum Gasteiger partial charge on any atom is 0.263 e. The van der Waals surface area contributed by atoms with E-state index in [4.69, 9.17) is 27.9 Å². The minimum Gasteiger partial charge on any atom is -0.479 e. The summed E-state index contributed by atoms with van der Waals surface area (Å²) in [4.78, 5) is 13.8. The molecular weight excluding hydrogens is 285 g/mol. The summed E-state index contributed by atoms with van der Waals surface area (Å²) < 4.78 is 5.60. The summed E-state index contributed by atoms with van der Waals surface area (Å²) in [5.74, 6) is 1.12. The number of nitrogens with zero attached hydrogens (tertiary/aromatic N) is 1. The van der Waals surface area contributed by atoms with Crippen LogP contribution >= 0.6 is 23.2 Å². The maximum absolute atomic E-state index is 12.1. The normalized spacial score (nSPS) is 16.0. The topological polar surface area (TPSA) is 29.5 Å². The van der Waals surface area contributed by atoms with Crippen LogP contribution in [0.15, 0.2) is 18.2 Å². The van der Waals surface area contributed by atoms with Crippen LogP contribution < -0.4 is 4.74 Å². The zero-order valence-electron chi connectivity index (χ0n) is 11.0. The molecule has 19 heavy (non-hydrogen) atoms. The summed E-state index contributed by atoms with van der Waals surface area (Å²) in [6.45, 7) is 2.54. The number of carbonyl (C=O) groups excluding carboxylic acids is 1. The van der Waals surface area contributed by atoms with Crippen LogP contribution in [0.2, 0.25) is 10.0 Å². The van der Waals surface area contributed by atoms with Crippen LogP contribution in [-0.4, -0.2) is 30.5 Å². The molecule has 3 nitrogen and oxygen atoms in total. The Balaban J connectivity index is 1.95. The fourth-order valence-corrected chi connectivity index (χ4v) is 2.35. The van der Waals surface area contributed by atoms with E-state index in [2.05, 4.69) is 0 Å². The van der Waals surface area contributed by atoms with Crippen LogP contribution in [0.1, 0.15) is 19.8 Å². The number of halogens is 2. The number of carbonyl (C=O) groups is 1. The molecule has 5 heteroatoms. The van der Waals surface area contributed by atoms with E-state index in [0.717, 1.165) is 6.54 Å². The minimum atomic E-state index is -0.553. The lowest BCUT2D eigenvalue weighted by Gasteiger charge is -2.22. The second-order valence-electron chi connectivity index (χ2n) is 5.00. The van der Waals surface area contributed by atoms with E-state index in [1.54, 1.807) is 30.0 Å². The molecule has 1 amide bonds. The van der Waals surface area contributed by atoms with Crippen molar-refractivity contribution in [1.29, 1.82) is 0 Å². The number of hydrogen-bond donors (Lipinski definition) is 0. The van der Waals surface area contributed by atoms with E-state index >= 15 is 0 Å². The Bertz CT molecular complexity index is 475. The molecule has 0 spiro atoms. The molecule has 1 aromatic carbocycles. The van der Waals surface area contributed by atoms with Gasteiger partial charge in [0.2, 0.25) is 0 Å². The summed E-state index contributed by atoms with van der Waals surface area (Å²) in [5, 5.41) is 0.958. The molecule has 1 atom stereocenters. The Hall–Kier alpha value is -0.930. The number of rotatable bonds is 5. The number of amides is 1. The zero-order valence-corrected chi connectivity index (χ0v) is 12.5. The van der Waals surface area contributed by atoms with Crippen LogP contribution in [0.25, 0.3) is 0 Å². The Morgan fingerprint density at radius 2 is 2.16 bits per heavy atom. The number of likely N-dealkylation sites (N-methyl/N-ethyl adjacent to an activating group) is 1. The van der Waals surface area contributed by atoms with Gasteiger partial charge in [0, 0.05) is 18.6 Å². The van der Waals surface area contributed by atoms with Crippen molar-refractivity contribution >= 4 is 29.1 Å². The molecule has 1 aliphatic rings. The van der Waals surface area contributed by atoms with Gasteiger partial charge < -0.3 is 9.64 Å². The molecule has 1 aliphatic carbocycles. The van der Waals surface area contributed by atoms with Gasteiger partial charge in [-0.2, -0.15) is 0 Å². The van der Waals surface area contributed by atoms with E-state index in [0.29, 0.717) is 21.7 Å². The van der Waals surface area contributed by atoms with Crippen molar-refractivity contribution in [3.63, 3.8) is 0 Å². The fourth-order valence-electron chi connectivity index (χ4n) is 1.90. The van der Waals surface area contributed by atoms with Gasteiger partial charge in [-0.05, 0) is 43.9 Å². The molecule has 0 aromatic heterocycles. The smallest absolute Gasteiger partial charge is 0.263 e. The third kappa shape index (κ3) is 4.02. The standard InChI is InChI=1S/C14H17Cl2NO2/c1-9(14(18)17(2)8-10-3-4-10)19-13-6-5-11(15)7-12(13)16/h5-7,9-10H,3-4,8H2,1-2H3. The van der Waals surface area contributed by atoms with Gasteiger partial charge in [-0.1, -0.05) is 23.2 Å². The third-order valence-electron chi connectivity index (χ3n) is 3.15. The molecule has 0 heterocycles. The van der Waals surface area contributed by atoms with Gasteiger partial charge in [0.25, 0.3) is 5.91 Å². The molecular formula is C14H17Cl2NO2. The number of hydrogen-bond acceptors (Lipinski definition) is 2. The highest BCUT2D eigenvalue weighted by Crippen LogP contribution is 2.30. The summed E-state index contributed by atoms with van der Waals surface area (Å²) in [6.07, 6.45) is 1.88. The average molecular weight is 302 g/mol. The summed E-state index contributed by atoms with van der Waals surface area (Å²) in [6, 6.07) is 4.97. The summed E-state index contributed by atoms with van der Waals surface area (Å²) >= 11 is 11.8. The predicted molar refractivity (Wildman–Crippen MR) is 76.9 cm³/mol. The molecule has 1 fully saturated rings. The fraction of sp³-hybridized carbons (Fsp3) is 0.500. The molecule has 0 bridgehead atoms. The molecule has 1 aromatic rings. The van der Waals surface area contributed by atoms with Crippen LogP contribution in [0, 0.1) is 5.92 Å². The Morgan fingerprint density at radius 1 is 1.47 bits per heavy atom. The first-order chi connectivity index (χ1) is 8.97. The van der Waals surface area contributed by atoms with Crippen molar-refractivity contribution in [3.8, 4) is 5.75 Å². The van der Waals surface area contributed by atoms with E-state index in [9.17, 15) is 4.79 Å². The molecule has 0 N–H and O–H groups in total. The Morgan fingerprint density at radius 3 is 2.74 bits per heavy atom. The minimum absolute atomic E-state index is 0.0297. The van der Waals surface area contributed by atoms with Gasteiger partial charge >= 0.3 is 0 Å². The van der Waals surface area contributed by atoms with Crippen molar-refractivity contribution in [2.24, 2.45) is 5.92 Å². The molecule has 0 aliphatic heterocycles. The second-order valence-corrected chi connectivity index (χ2v) is 5.84. The van der Waals surface area contributed by atoms with Crippen molar-refractivity contribution in [2.75, 3.05) is 13.6 Å². The van der Waals surface area contributed by atoms with E-state index in [-0.39, 0.29) is 5.91 Å². The van der Waals surface area contributed by atoms with Crippen LogP contribution in [0.4, 0.5) is 0 Å². The predicted octanol–water partition coefficient (Wildman–Crippen LogP) is 3.63. The Kier molecular flexibility index (Phi) is 4.58. The SMILES string of the molecule is CC(Oc1ccc(Cl)cc1Cl)C(=O)N(C)CC1CC1. The van der Waals surface area contributed by atoms with E-state index < -0.39 is 6.10 Å². The highest BCUT2D eigenvalue weighted by Gasteiger charge is 2.27. The largest absolute Gasteiger partial charge is 0.479 e. The van der Waals surface area contributed by atoms with Crippen LogP contribution in [-0.2, 0) is 4.79 Å². The lowest BCUT2D eigenvalue weighted by Crippen LogP contribution is -2.39. The lowest BCUT2D eigenvalue weighted by molar-refractivity contribution is -0.136. The molecule has 104 valence electrons. The average Bonchev–Trinajstić information content (AvgIpc) is 3.15. The van der Waals surface area contributed by atoms with Crippen molar-refractivity contribution in [3.05, 3.63) is 28.2 Å². The molecule has 0 saturated heterocycles. The van der Waals surface area contributed by atoms with Crippen molar-refractivity contribution < 1.29 is 9.53 Å².